The number of quaternary nitrogens is 1. The van der Waals surface area contributed by atoms with E-state index in [2.05, 4.69) is 5.32 Å². The third-order valence-corrected chi connectivity index (χ3v) is 13.7. The Morgan fingerprint density at radius 2 is 1.48 bits per heavy atom. The molecule has 2 aliphatic heterocycles. The highest BCUT2D eigenvalue weighted by Crippen LogP contribution is 2.67. The van der Waals surface area contributed by atoms with Crippen LogP contribution in [0.15, 0.2) is 60.7 Å². The third-order valence-electron chi connectivity index (χ3n) is 11.8. The van der Waals surface area contributed by atoms with E-state index < -0.39 is 90.6 Å². The molecule has 0 radical (unpaired) electrons. The van der Waals surface area contributed by atoms with Crippen molar-refractivity contribution in [3.8, 4) is 0 Å². The average Bonchev–Trinajstić information content (AvgIpc) is 3.56. The number of carbonyl (C=O) groups is 7. The minimum Gasteiger partial charge on any atom is -0.438 e. The number of Topliss-reactive ketones (excluding diaryl/α,β-unsaturated/α-hetero) is 1. The van der Waals surface area contributed by atoms with E-state index in [4.69, 9.17) is 30.0 Å². The van der Waals surface area contributed by atoms with Crippen molar-refractivity contribution in [2.45, 2.75) is 130 Å². The van der Waals surface area contributed by atoms with Gasteiger partial charge in [0.25, 0.3) is 11.7 Å². The molecular formula is C47H65F2N5O12P+. The summed E-state index contributed by atoms with van der Waals surface area (Å²) in [5.74, 6) is -4.71. The fourth-order valence-corrected chi connectivity index (χ4v) is 9.07. The number of hydrogen-bond donors (Lipinski definition) is 3. The molecule has 0 bridgehead atoms. The van der Waals surface area contributed by atoms with Crippen LogP contribution in [0.1, 0.15) is 117 Å². The standard InChI is InChI=1S/C47H64F2N5O12P/c1-9-10-17-35(50)41(59)54-25-14-24-46(54,37(55)28-54)52-36(22-23-38(51)56)40(58)53(27-32-15-12-11-13-16-32)39(57)26-31(2)33-18-20-34(21-19-33)47(48,49)67(62,65-29-63-42(60)44(3,4)5)66-30-64-43(61)45(6,7)8/h11-13,15-16,18-21,26,35-36,52H,9-10,14,17,22-25,27-30,50H2,1-8H3,(H-,51,56)/p+1/t35-,36?,46?,54?/m0/s1. The highest BCUT2D eigenvalue weighted by molar-refractivity contribution is 7.54. The Hall–Kier alpha value is -5.04. The number of fused-ring (bicyclic) bond motifs is 1. The monoisotopic (exact) mass is 960 g/mol. The molecule has 4 atom stereocenters. The van der Waals surface area contributed by atoms with Crippen molar-refractivity contribution in [1.82, 2.24) is 10.2 Å². The lowest BCUT2D eigenvalue weighted by atomic mass is 9.85. The van der Waals surface area contributed by atoms with Crippen molar-refractivity contribution in [2.24, 2.45) is 22.3 Å². The van der Waals surface area contributed by atoms with Gasteiger partial charge in [0.05, 0.1) is 30.0 Å². The van der Waals surface area contributed by atoms with Crippen LogP contribution >= 0.6 is 7.60 Å². The predicted molar refractivity (Wildman–Crippen MR) is 241 cm³/mol. The van der Waals surface area contributed by atoms with Crippen LogP contribution in [0, 0.1) is 10.8 Å². The molecule has 5 N–H and O–H groups in total. The Morgan fingerprint density at radius 1 is 0.910 bits per heavy atom. The first-order chi connectivity index (χ1) is 31.2. The Kier molecular flexibility index (Phi) is 17.9. The maximum atomic E-state index is 16.2. The van der Waals surface area contributed by atoms with Gasteiger partial charge in [0, 0.05) is 30.9 Å². The minimum absolute atomic E-state index is 0.112. The number of carbonyl (C=O) groups excluding carboxylic acids is 7. The van der Waals surface area contributed by atoms with Crippen molar-refractivity contribution < 1.29 is 69.9 Å². The van der Waals surface area contributed by atoms with E-state index in [9.17, 15) is 38.1 Å². The number of nitrogens with one attached hydrogen (secondary N) is 1. The number of benzene rings is 2. The van der Waals surface area contributed by atoms with Gasteiger partial charge in [-0.05, 0) is 78.0 Å². The molecular weight excluding hydrogens is 896 g/mol. The van der Waals surface area contributed by atoms with Gasteiger partial charge in [-0.15, -0.1) is 0 Å². The molecule has 2 saturated heterocycles. The van der Waals surface area contributed by atoms with Crippen LogP contribution in [0.5, 0.6) is 0 Å². The van der Waals surface area contributed by atoms with E-state index in [-0.39, 0.29) is 59.7 Å². The first-order valence-corrected chi connectivity index (χ1v) is 23.8. The number of alkyl halides is 2. The van der Waals surface area contributed by atoms with Crippen molar-refractivity contribution >= 4 is 54.5 Å². The number of esters is 2. The summed E-state index contributed by atoms with van der Waals surface area (Å²) >= 11 is 0. The zero-order chi connectivity index (χ0) is 50.2. The molecule has 67 heavy (non-hydrogen) atoms. The molecule has 2 aromatic rings. The van der Waals surface area contributed by atoms with E-state index in [1.54, 1.807) is 30.3 Å². The molecule has 20 heteroatoms. The topological polar surface area (TPSA) is 241 Å². The lowest BCUT2D eigenvalue weighted by Gasteiger charge is -2.54. The SMILES string of the molecule is CCCC[C@H](N)C(=O)[N+]12CCCC1(NC(CCC(N)=O)C(=O)N(Cc1ccccc1)C(=O)C=C(C)c1ccc(C(F)(F)P(=O)(OCOC(=O)C(C)(C)C)OCOC(=O)C(C)(C)C)cc1)C(=O)C2. The molecule has 0 aliphatic carbocycles. The van der Waals surface area contributed by atoms with Crippen LogP contribution in [0.4, 0.5) is 8.78 Å². The molecule has 0 saturated carbocycles. The van der Waals surface area contributed by atoms with Gasteiger partial charge in [-0.3, -0.25) is 47.3 Å². The molecule has 0 aromatic heterocycles. The number of imide groups is 1. The van der Waals surface area contributed by atoms with Crippen molar-refractivity contribution in [2.75, 3.05) is 26.7 Å². The maximum absolute atomic E-state index is 16.2. The average molecular weight is 961 g/mol. The van der Waals surface area contributed by atoms with Gasteiger partial charge in [0.2, 0.25) is 31.1 Å². The van der Waals surface area contributed by atoms with Crippen LogP contribution in [0.25, 0.3) is 5.57 Å². The van der Waals surface area contributed by atoms with Gasteiger partial charge in [0.15, 0.2) is 6.54 Å². The van der Waals surface area contributed by atoms with Gasteiger partial charge in [-0.25, -0.2) is 14.6 Å². The van der Waals surface area contributed by atoms with Crippen molar-refractivity contribution in [3.63, 3.8) is 0 Å². The van der Waals surface area contributed by atoms with E-state index in [0.29, 0.717) is 31.4 Å². The first kappa shape index (κ1) is 54.6. The van der Waals surface area contributed by atoms with Crippen LogP contribution in [0.2, 0.25) is 0 Å². The lowest BCUT2D eigenvalue weighted by Crippen LogP contribution is -2.87. The van der Waals surface area contributed by atoms with Crippen LogP contribution in [0.3, 0.4) is 0 Å². The zero-order valence-corrected chi connectivity index (χ0v) is 40.5. The molecule has 4 amide bonds. The van der Waals surface area contributed by atoms with Crippen LogP contribution in [-0.4, -0.2) is 95.2 Å². The van der Waals surface area contributed by atoms with Gasteiger partial charge >= 0.3 is 31.1 Å². The number of ether oxygens (including phenoxy) is 2. The third kappa shape index (κ3) is 12.5. The Morgan fingerprint density at radius 3 is 1.99 bits per heavy atom. The maximum Gasteiger partial charge on any atom is 0.410 e. The number of halogens is 2. The number of amides is 4. The van der Waals surface area contributed by atoms with Gasteiger partial charge in [-0.1, -0.05) is 74.4 Å². The van der Waals surface area contributed by atoms with Gasteiger partial charge < -0.3 is 20.9 Å². The normalized spacial score (nSPS) is 19.7. The summed E-state index contributed by atoms with van der Waals surface area (Å²) in [6, 6.07) is 10.6. The predicted octanol–water partition coefficient (Wildman–Crippen LogP) is 6.17. The number of nitrogens with zero attached hydrogens (tertiary/aromatic N) is 2. The number of unbranched alkanes of at least 4 members (excludes halogenated alkanes) is 1. The summed E-state index contributed by atoms with van der Waals surface area (Å²) in [5, 5.41) is 3.17. The number of ketones is 1. The van der Waals surface area contributed by atoms with Gasteiger partial charge in [-0.2, -0.15) is 8.78 Å². The highest BCUT2D eigenvalue weighted by Gasteiger charge is 2.74. The van der Waals surface area contributed by atoms with Crippen LogP contribution < -0.4 is 16.8 Å². The molecule has 368 valence electrons. The van der Waals surface area contributed by atoms with Crippen molar-refractivity contribution in [1.29, 1.82) is 0 Å². The number of hydrogen-bond acceptors (Lipinski definition) is 14. The zero-order valence-electron chi connectivity index (χ0n) is 39.6. The quantitative estimate of drug-likeness (QED) is 0.0393. The molecule has 0 spiro atoms. The van der Waals surface area contributed by atoms with E-state index in [1.165, 1.54) is 60.6 Å². The Bertz CT molecular complexity index is 2210. The number of nitrogens with two attached hydrogens (primary N) is 2. The summed E-state index contributed by atoms with van der Waals surface area (Å²) in [6.07, 6.45) is 3.19. The summed E-state index contributed by atoms with van der Waals surface area (Å²) in [4.78, 5) is 94.4. The lowest BCUT2D eigenvalue weighted by molar-refractivity contribution is -0.906. The van der Waals surface area contributed by atoms with E-state index in [0.717, 1.165) is 29.5 Å². The number of rotatable bonds is 22. The molecule has 4 rings (SSSR count). The summed E-state index contributed by atoms with van der Waals surface area (Å²) in [5.41, 5.74) is 3.98. The molecule has 17 nitrogen and oxygen atoms in total. The van der Waals surface area contributed by atoms with E-state index in [1.807, 2.05) is 6.92 Å². The van der Waals surface area contributed by atoms with E-state index >= 15 is 8.78 Å². The van der Waals surface area contributed by atoms with Crippen LogP contribution in [-0.2, 0) is 68.9 Å². The number of primary amides is 1. The molecule has 3 unspecified atom stereocenters. The first-order valence-electron chi connectivity index (χ1n) is 22.2. The molecule has 2 aliphatic rings. The molecule has 2 fully saturated rings. The Labute approximate surface area is 390 Å². The second kappa shape index (κ2) is 21.9. The highest BCUT2D eigenvalue weighted by atomic mass is 31.2. The largest absolute Gasteiger partial charge is 0.438 e. The number of allylic oxidation sites excluding steroid dienone is 1. The molecule has 2 heterocycles. The minimum atomic E-state index is -5.62. The second-order valence-electron chi connectivity index (χ2n) is 19.1. The summed E-state index contributed by atoms with van der Waals surface area (Å²) in [6.45, 7) is 10.1. The Balaban J connectivity index is 1.66. The fraction of sp³-hybridized carbons (Fsp3) is 0.553. The van der Waals surface area contributed by atoms with Crippen molar-refractivity contribution in [3.05, 3.63) is 77.4 Å². The molecule has 2 aromatic carbocycles. The fourth-order valence-electron chi connectivity index (χ4n) is 7.82. The smallest absolute Gasteiger partial charge is 0.410 e. The second-order valence-corrected chi connectivity index (χ2v) is 21.1. The summed E-state index contributed by atoms with van der Waals surface area (Å²) < 4.78 is 65.8. The van der Waals surface area contributed by atoms with Gasteiger partial charge in [0.1, 0.15) is 6.04 Å². The summed E-state index contributed by atoms with van der Waals surface area (Å²) in [7, 11) is -5.62.